The fraction of sp³-hybridized carbons (Fsp3) is 0.333. The Kier molecular flexibility index (Phi) is 3.39. The van der Waals surface area contributed by atoms with E-state index in [-0.39, 0.29) is 12.6 Å². The van der Waals surface area contributed by atoms with Crippen molar-refractivity contribution in [2.75, 3.05) is 18.1 Å². The Morgan fingerprint density at radius 3 is 3.05 bits per heavy atom. The number of rotatable bonds is 3. The summed E-state index contributed by atoms with van der Waals surface area (Å²) in [7, 11) is 0. The number of benzene rings is 1. The van der Waals surface area contributed by atoms with E-state index < -0.39 is 0 Å². The van der Waals surface area contributed by atoms with Crippen molar-refractivity contribution in [3.8, 4) is 0 Å². The van der Waals surface area contributed by atoms with Gasteiger partial charge in [-0.3, -0.25) is 4.99 Å². The van der Waals surface area contributed by atoms with Crippen LogP contribution >= 0.6 is 0 Å². The van der Waals surface area contributed by atoms with Gasteiger partial charge in [-0.1, -0.05) is 24.3 Å². The Morgan fingerprint density at radius 2 is 2.14 bits per heavy atom. The number of fused-ring (bicyclic) bond motifs is 1. The first-order valence-electron chi connectivity index (χ1n) is 7.83. The topological polar surface area (TPSA) is 48.7 Å². The van der Waals surface area contributed by atoms with Crippen molar-refractivity contribution in [2.45, 2.75) is 25.4 Å². The van der Waals surface area contributed by atoms with Crippen LogP contribution in [-0.2, 0) is 6.54 Å². The molecular formula is C18H19N3O. The normalized spacial score (nSPS) is 20.1. The molecule has 0 spiro atoms. The molecule has 1 saturated heterocycles. The van der Waals surface area contributed by atoms with E-state index in [2.05, 4.69) is 40.2 Å². The lowest BCUT2D eigenvalue weighted by Gasteiger charge is -2.24. The van der Waals surface area contributed by atoms with E-state index in [0.29, 0.717) is 0 Å². The molecule has 2 aliphatic heterocycles. The van der Waals surface area contributed by atoms with E-state index in [9.17, 15) is 5.11 Å². The van der Waals surface area contributed by atoms with Crippen LogP contribution in [0.15, 0.2) is 47.6 Å². The van der Waals surface area contributed by atoms with Crippen molar-refractivity contribution in [3.63, 3.8) is 0 Å². The third-order valence-corrected chi connectivity index (χ3v) is 4.58. The summed E-state index contributed by atoms with van der Waals surface area (Å²) in [4.78, 5) is 11.4. The summed E-state index contributed by atoms with van der Waals surface area (Å²) in [6, 6.07) is 12.7. The van der Waals surface area contributed by atoms with Gasteiger partial charge in [0.15, 0.2) is 0 Å². The molecule has 0 aliphatic carbocycles. The van der Waals surface area contributed by atoms with Crippen LogP contribution in [0.5, 0.6) is 0 Å². The molecule has 3 heterocycles. The molecule has 4 nitrogen and oxygen atoms in total. The summed E-state index contributed by atoms with van der Waals surface area (Å²) in [6.07, 6.45) is 3.99. The molecule has 1 fully saturated rings. The van der Waals surface area contributed by atoms with Crippen LogP contribution in [0.3, 0.4) is 0 Å². The molecule has 0 amide bonds. The predicted molar refractivity (Wildman–Crippen MR) is 87.5 cm³/mol. The zero-order chi connectivity index (χ0) is 14.9. The number of hydrogen-bond acceptors (Lipinski definition) is 4. The summed E-state index contributed by atoms with van der Waals surface area (Å²) in [5, 5.41) is 9.52. The predicted octanol–water partition coefficient (Wildman–Crippen LogP) is 2.39. The van der Waals surface area contributed by atoms with Crippen LogP contribution in [0.1, 0.15) is 29.5 Å². The smallest absolute Gasteiger partial charge is 0.129 e. The molecule has 4 heteroatoms. The number of pyridine rings is 1. The summed E-state index contributed by atoms with van der Waals surface area (Å²) in [5.74, 6) is 0.945. The molecule has 2 aliphatic rings. The maximum absolute atomic E-state index is 9.52. The van der Waals surface area contributed by atoms with Crippen molar-refractivity contribution < 1.29 is 5.11 Å². The van der Waals surface area contributed by atoms with Gasteiger partial charge in [-0.15, -0.1) is 0 Å². The molecule has 1 atom stereocenters. The largest absolute Gasteiger partial charge is 0.394 e. The highest BCUT2D eigenvalue weighted by atomic mass is 16.3. The van der Waals surface area contributed by atoms with Gasteiger partial charge in [0.25, 0.3) is 0 Å². The second-order valence-electron chi connectivity index (χ2n) is 5.90. The van der Waals surface area contributed by atoms with E-state index >= 15 is 0 Å². The lowest BCUT2D eigenvalue weighted by molar-refractivity contribution is 0.266. The fourth-order valence-corrected chi connectivity index (χ4v) is 3.44. The molecule has 22 heavy (non-hydrogen) atoms. The zero-order valence-electron chi connectivity index (χ0n) is 12.4. The fourth-order valence-electron chi connectivity index (χ4n) is 3.44. The average molecular weight is 293 g/mol. The number of anilines is 1. The first-order chi connectivity index (χ1) is 10.9. The van der Waals surface area contributed by atoms with E-state index in [1.165, 1.54) is 11.1 Å². The summed E-state index contributed by atoms with van der Waals surface area (Å²) >= 11 is 0. The van der Waals surface area contributed by atoms with Gasteiger partial charge in [0, 0.05) is 23.9 Å². The highest BCUT2D eigenvalue weighted by molar-refractivity contribution is 6.15. The van der Waals surface area contributed by atoms with Crippen LogP contribution in [-0.4, -0.2) is 35.0 Å². The minimum atomic E-state index is 0.190. The van der Waals surface area contributed by atoms with Crippen LogP contribution in [0.4, 0.5) is 5.82 Å². The zero-order valence-corrected chi connectivity index (χ0v) is 12.4. The Bertz CT molecular complexity index is 726. The Labute approximate surface area is 130 Å². The molecule has 112 valence electrons. The van der Waals surface area contributed by atoms with E-state index in [4.69, 9.17) is 4.99 Å². The van der Waals surface area contributed by atoms with Crippen molar-refractivity contribution in [1.29, 1.82) is 0 Å². The quantitative estimate of drug-likeness (QED) is 0.945. The van der Waals surface area contributed by atoms with Gasteiger partial charge in [-0.2, -0.15) is 0 Å². The number of aliphatic imine (C=N–C) groups is 1. The molecule has 0 bridgehead atoms. The summed E-state index contributed by atoms with van der Waals surface area (Å²) < 4.78 is 0. The van der Waals surface area contributed by atoms with Gasteiger partial charge >= 0.3 is 0 Å². The monoisotopic (exact) mass is 293 g/mol. The molecule has 1 aromatic carbocycles. The highest BCUT2D eigenvalue weighted by Gasteiger charge is 2.25. The highest BCUT2D eigenvalue weighted by Crippen LogP contribution is 2.27. The van der Waals surface area contributed by atoms with Gasteiger partial charge in [-0.05, 0) is 30.5 Å². The van der Waals surface area contributed by atoms with Crippen LogP contribution in [0, 0.1) is 0 Å². The number of nitrogens with zero attached hydrogens (tertiary/aromatic N) is 3. The van der Waals surface area contributed by atoms with E-state index in [0.717, 1.165) is 43.0 Å². The molecule has 4 rings (SSSR count). The van der Waals surface area contributed by atoms with Gasteiger partial charge < -0.3 is 10.0 Å². The van der Waals surface area contributed by atoms with Gasteiger partial charge in [-0.25, -0.2) is 4.98 Å². The Balaban J connectivity index is 1.69. The maximum atomic E-state index is 9.52. The number of aliphatic hydroxyl groups excluding tert-OH is 1. The Hall–Kier alpha value is -2.20. The lowest BCUT2D eigenvalue weighted by atomic mass is 10.0. The second-order valence-corrected chi connectivity index (χ2v) is 5.90. The van der Waals surface area contributed by atoms with Crippen molar-refractivity contribution >= 4 is 11.5 Å². The van der Waals surface area contributed by atoms with E-state index in [1.54, 1.807) is 0 Å². The first kappa shape index (κ1) is 13.5. The minimum Gasteiger partial charge on any atom is -0.394 e. The van der Waals surface area contributed by atoms with Crippen LogP contribution < -0.4 is 4.90 Å². The molecule has 2 aromatic rings. The van der Waals surface area contributed by atoms with Gasteiger partial charge in [0.05, 0.1) is 24.9 Å². The van der Waals surface area contributed by atoms with Crippen molar-refractivity contribution in [3.05, 3.63) is 59.3 Å². The molecule has 1 N–H and O–H groups in total. The molecule has 1 aromatic heterocycles. The SMILES string of the molecule is OC[C@@H]1CCCN1c1cc(C2=NCc3ccccc32)ccn1. The first-order valence-corrected chi connectivity index (χ1v) is 7.83. The number of aromatic nitrogens is 1. The van der Waals surface area contributed by atoms with Crippen molar-refractivity contribution in [2.24, 2.45) is 4.99 Å². The molecule has 0 saturated carbocycles. The standard InChI is InChI=1S/C18H19N3O/c22-12-15-5-3-9-21(15)17-10-13(7-8-19-17)18-16-6-2-1-4-14(16)11-20-18/h1-2,4,6-8,10,15,22H,3,5,9,11-12H2/t15-/m0/s1. The van der Waals surface area contributed by atoms with Gasteiger partial charge in [0.2, 0.25) is 0 Å². The average Bonchev–Trinajstić information content (AvgIpc) is 3.21. The van der Waals surface area contributed by atoms with Crippen LogP contribution in [0.2, 0.25) is 0 Å². The number of hydrogen-bond donors (Lipinski definition) is 1. The lowest BCUT2D eigenvalue weighted by Crippen LogP contribution is -2.32. The summed E-state index contributed by atoms with van der Waals surface area (Å²) in [6.45, 7) is 1.91. The van der Waals surface area contributed by atoms with Gasteiger partial charge in [0.1, 0.15) is 5.82 Å². The summed E-state index contributed by atoms with van der Waals surface area (Å²) in [5.41, 5.74) is 4.67. The third-order valence-electron chi connectivity index (χ3n) is 4.58. The van der Waals surface area contributed by atoms with E-state index in [1.807, 2.05) is 12.3 Å². The Morgan fingerprint density at radius 1 is 1.23 bits per heavy atom. The molecule has 0 unspecified atom stereocenters. The number of aliphatic hydroxyl groups is 1. The molecule has 0 radical (unpaired) electrons. The maximum Gasteiger partial charge on any atom is 0.129 e. The third kappa shape index (κ3) is 2.20. The molecular weight excluding hydrogens is 274 g/mol. The van der Waals surface area contributed by atoms with Crippen molar-refractivity contribution in [1.82, 2.24) is 4.98 Å². The second kappa shape index (κ2) is 5.54. The van der Waals surface area contributed by atoms with Crippen LogP contribution in [0.25, 0.3) is 0 Å². The minimum absolute atomic E-state index is 0.190.